The average Bonchev–Trinajstić information content (AvgIpc) is 2.77. The first-order valence-corrected chi connectivity index (χ1v) is 6.24. The Kier molecular flexibility index (Phi) is 2.77. The molecule has 0 saturated carbocycles. The fourth-order valence-electron chi connectivity index (χ4n) is 2.48. The van der Waals surface area contributed by atoms with Gasteiger partial charge >= 0.3 is 5.97 Å². The van der Waals surface area contributed by atoms with Gasteiger partial charge in [-0.1, -0.05) is 0 Å². The Bertz CT molecular complexity index is 648. The molecule has 0 bridgehead atoms. The lowest BCUT2D eigenvalue weighted by Gasteiger charge is -2.15. The van der Waals surface area contributed by atoms with E-state index in [1.807, 2.05) is 13.2 Å². The minimum atomic E-state index is -0.364. The molecule has 6 heteroatoms. The Morgan fingerprint density at radius 3 is 3.11 bits per heavy atom. The van der Waals surface area contributed by atoms with Crippen LogP contribution in [-0.4, -0.2) is 32.3 Å². The first-order valence-electron chi connectivity index (χ1n) is 6.24. The second kappa shape index (κ2) is 4.46. The van der Waals surface area contributed by atoms with Gasteiger partial charge in [-0.3, -0.25) is 4.68 Å². The van der Waals surface area contributed by atoms with Crippen LogP contribution in [0, 0.1) is 0 Å². The van der Waals surface area contributed by atoms with E-state index in [0.29, 0.717) is 12.3 Å². The van der Waals surface area contributed by atoms with E-state index in [1.165, 1.54) is 6.33 Å². The number of rotatable bonds is 2. The molecule has 19 heavy (non-hydrogen) atoms. The van der Waals surface area contributed by atoms with E-state index in [4.69, 9.17) is 4.74 Å². The van der Waals surface area contributed by atoms with Gasteiger partial charge in [-0.2, -0.15) is 5.10 Å². The summed E-state index contributed by atoms with van der Waals surface area (Å²) in [6.45, 7) is 2.14. The number of aryl methyl sites for hydroxylation is 2. The zero-order valence-electron chi connectivity index (χ0n) is 10.9. The van der Waals surface area contributed by atoms with Crippen molar-refractivity contribution in [3.8, 4) is 11.4 Å². The van der Waals surface area contributed by atoms with E-state index in [1.54, 1.807) is 11.6 Å². The van der Waals surface area contributed by atoms with Crippen LogP contribution in [0.2, 0.25) is 0 Å². The SMILES string of the molecule is CCOC(=O)c1nn(C)c2c1CCc1cncnc1-2. The Balaban J connectivity index is 2.15. The summed E-state index contributed by atoms with van der Waals surface area (Å²) in [4.78, 5) is 20.3. The molecule has 2 heterocycles. The second-order valence-electron chi connectivity index (χ2n) is 4.42. The number of hydrogen-bond acceptors (Lipinski definition) is 5. The van der Waals surface area contributed by atoms with Gasteiger partial charge in [0.05, 0.1) is 18.0 Å². The van der Waals surface area contributed by atoms with Crippen molar-refractivity contribution in [3.05, 3.63) is 29.3 Å². The third-order valence-electron chi connectivity index (χ3n) is 3.27. The Morgan fingerprint density at radius 2 is 2.32 bits per heavy atom. The third-order valence-corrected chi connectivity index (χ3v) is 3.27. The predicted molar refractivity (Wildman–Crippen MR) is 67.6 cm³/mol. The number of carbonyl (C=O) groups is 1. The van der Waals surface area contributed by atoms with Crippen molar-refractivity contribution in [2.75, 3.05) is 6.61 Å². The van der Waals surface area contributed by atoms with Gasteiger partial charge in [-0.15, -0.1) is 0 Å². The normalized spacial score (nSPS) is 12.7. The fraction of sp³-hybridized carbons (Fsp3) is 0.385. The highest BCUT2D eigenvalue weighted by molar-refractivity contribution is 5.91. The van der Waals surface area contributed by atoms with Crippen LogP contribution in [-0.2, 0) is 24.6 Å². The maximum atomic E-state index is 11.9. The van der Waals surface area contributed by atoms with Gasteiger partial charge in [-0.25, -0.2) is 14.8 Å². The summed E-state index contributed by atoms with van der Waals surface area (Å²) in [6.07, 6.45) is 4.92. The van der Waals surface area contributed by atoms with Crippen LogP contribution in [0.5, 0.6) is 0 Å². The summed E-state index contributed by atoms with van der Waals surface area (Å²) >= 11 is 0. The molecular formula is C13H14N4O2. The molecule has 2 aromatic heterocycles. The summed E-state index contributed by atoms with van der Waals surface area (Å²) in [5.74, 6) is -0.364. The predicted octanol–water partition coefficient (Wildman–Crippen LogP) is 1.15. The summed E-state index contributed by atoms with van der Waals surface area (Å²) in [5.41, 5.74) is 4.18. The van der Waals surface area contributed by atoms with E-state index < -0.39 is 0 Å². The Morgan fingerprint density at radius 1 is 1.47 bits per heavy atom. The molecule has 1 aliphatic rings. The van der Waals surface area contributed by atoms with E-state index in [0.717, 1.165) is 35.4 Å². The van der Waals surface area contributed by atoms with Gasteiger partial charge in [0, 0.05) is 18.8 Å². The van der Waals surface area contributed by atoms with Crippen LogP contribution < -0.4 is 0 Å². The van der Waals surface area contributed by atoms with E-state index in [9.17, 15) is 4.79 Å². The second-order valence-corrected chi connectivity index (χ2v) is 4.42. The summed E-state index contributed by atoms with van der Waals surface area (Å²) in [7, 11) is 1.82. The molecule has 0 saturated heterocycles. The Hall–Kier alpha value is -2.24. The summed E-state index contributed by atoms with van der Waals surface area (Å²) in [6, 6.07) is 0. The number of carbonyl (C=O) groups excluding carboxylic acids is 1. The molecule has 0 N–H and O–H groups in total. The van der Waals surface area contributed by atoms with Crippen molar-refractivity contribution in [3.63, 3.8) is 0 Å². The molecule has 0 spiro atoms. The van der Waals surface area contributed by atoms with Crippen LogP contribution >= 0.6 is 0 Å². The van der Waals surface area contributed by atoms with Gasteiger partial charge in [0.2, 0.25) is 0 Å². The molecular weight excluding hydrogens is 244 g/mol. The van der Waals surface area contributed by atoms with Crippen molar-refractivity contribution >= 4 is 5.97 Å². The van der Waals surface area contributed by atoms with Gasteiger partial charge in [-0.05, 0) is 25.3 Å². The zero-order valence-corrected chi connectivity index (χ0v) is 10.9. The van der Waals surface area contributed by atoms with Crippen LogP contribution in [0.4, 0.5) is 0 Å². The topological polar surface area (TPSA) is 69.9 Å². The van der Waals surface area contributed by atoms with Crippen molar-refractivity contribution in [1.29, 1.82) is 0 Å². The first-order chi connectivity index (χ1) is 9.22. The lowest BCUT2D eigenvalue weighted by Crippen LogP contribution is -2.11. The molecule has 0 aliphatic heterocycles. The maximum Gasteiger partial charge on any atom is 0.359 e. The van der Waals surface area contributed by atoms with Crippen molar-refractivity contribution in [2.24, 2.45) is 7.05 Å². The van der Waals surface area contributed by atoms with Crippen molar-refractivity contribution in [1.82, 2.24) is 19.7 Å². The highest BCUT2D eigenvalue weighted by Gasteiger charge is 2.28. The minimum absolute atomic E-state index is 0.350. The molecule has 3 rings (SSSR count). The van der Waals surface area contributed by atoms with E-state index in [-0.39, 0.29) is 5.97 Å². The van der Waals surface area contributed by atoms with Crippen LogP contribution in [0.25, 0.3) is 11.4 Å². The molecule has 0 aromatic carbocycles. The molecule has 0 amide bonds. The van der Waals surface area contributed by atoms with Crippen LogP contribution in [0.1, 0.15) is 28.5 Å². The molecule has 6 nitrogen and oxygen atoms in total. The number of hydrogen-bond donors (Lipinski definition) is 0. The van der Waals surface area contributed by atoms with Crippen LogP contribution in [0.3, 0.4) is 0 Å². The fourth-order valence-corrected chi connectivity index (χ4v) is 2.48. The standard InChI is InChI=1S/C13H14N4O2/c1-3-19-13(18)11-9-5-4-8-6-14-7-15-10(8)12(9)17(2)16-11/h6-7H,3-5H2,1-2H3. The number of aromatic nitrogens is 4. The zero-order chi connectivity index (χ0) is 13.4. The monoisotopic (exact) mass is 258 g/mol. The van der Waals surface area contributed by atoms with Gasteiger partial charge in [0.15, 0.2) is 5.69 Å². The molecule has 0 radical (unpaired) electrons. The average molecular weight is 258 g/mol. The van der Waals surface area contributed by atoms with Gasteiger partial charge in [0.25, 0.3) is 0 Å². The molecule has 0 atom stereocenters. The van der Waals surface area contributed by atoms with Gasteiger partial charge < -0.3 is 4.74 Å². The molecule has 98 valence electrons. The highest BCUT2D eigenvalue weighted by Crippen LogP contribution is 2.32. The smallest absolute Gasteiger partial charge is 0.359 e. The summed E-state index contributed by atoms with van der Waals surface area (Å²) < 4.78 is 6.75. The third kappa shape index (κ3) is 1.80. The first kappa shape index (κ1) is 11.8. The van der Waals surface area contributed by atoms with Crippen LogP contribution in [0.15, 0.2) is 12.5 Å². The van der Waals surface area contributed by atoms with E-state index in [2.05, 4.69) is 15.1 Å². The molecule has 0 fully saturated rings. The number of esters is 1. The number of fused-ring (bicyclic) bond motifs is 3. The summed E-state index contributed by atoms with van der Waals surface area (Å²) in [5, 5.41) is 4.29. The lowest BCUT2D eigenvalue weighted by atomic mass is 9.93. The number of ether oxygens (including phenoxy) is 1. The van der Waals surface area contributed by atoms with Crippen molar-refractivity contribution < 1.29 is 9.53 Å². The minimum Gasteiger partial charge on any atom is -0.461 e. The Labute approximate surface area is 110 Å². The highest BCUT2D eigenvalue weighted by atomic mass is 16.5. The lowest BCUT2D eigenvalue weighted by molar-refractivity contribution is 0.0517. The van der Waals surface area contributed by atoms with Gasteiger partial charge in [0.1, 0.15) is 6.33 Å². The number of nitrogens with zero attached hydrogens (tertiary/aromatic N) is 4. The molecule has 1 aliphatic carbocycles. The maximum absolute atomic E-state index is 11.9. The largest absolute Gasteiger partial charge is 0.461 e. The molecule has 2 aromatic rings. The molecule has 0 unspecified atom stereocenters. The van der Waals surface area contributed by atoms with E-state index >= 15 is 0 Å². The quantitative estimate of drug-likeness (QED) is 0.756. The van der Waals surface area contributed by atoms with Crippen molar-refractivity contribution in [2.45, 2.75) is 19.8 Å².